The summed E-state index contributed by atoms with van der Waals surface area (Å²) in [5.74, 6) is -5.35. The Morgan fingerprint density at radius 1 is 0.593 bits per heavy atom. The highest BCUT2D eigenvalue weighted by molar-refractivity contribution is 6.12. The highest BCUT2D eigenvalue weighted by Gasteiger charge is 2.32. The number of fused-ring (bicyclic) bond motifs is 2. The number of amides is 6. The van der Waals surface area contributed by atoms with E-state index < -0.39 is 60.4 Å². The molecule has 2 aliphatic heterocycles. The Bertz CT molecular complexity index is 2790. The highest BCUT2D eigenvalue weighted by atomic mass is 16.4. The van der Waals surface area contributed by atoms with Crippen molar-refractivity contribution in [1.82, 2.24) is 36.1 Å². The van der Waals surface area contributed by atoms with Crippen LogP contribution >= 0.6 is 0 Å². The Hall–Kier alpha value is -8.20. The molecule has 0 spiro atoms. The maximum atomic E-state index is 14.6. The van der Waals surface area contributed by atoms with Crippen molar-refractivity contribution in [3.8, 4) is 0 Å². The fourth-order valence-electron chi connectivity index (χ4n) is 9.68. The number of nitrogens with one attached hydrogen (secondary N) is 7. The SMILES string of the molecule is NCCCC[C@H](NC(=O)c1ccccc1Nc1c2ccc(NC(=O)CCN3CCCC3)cc2nc2cc(NC(=O)CCN3CCCC3)ccc12)C(=O)N[C@@H](CCCN=C(N)N)C(=O)N[C@@H](CO)C(=O)N[C@@H](CCCN=C(N)N)C(=O)O. The van der Waals surface area contributed by atoms with Crippen LogP contribution < -0.4 is 65.9 Å². The van der Waals surface area contributed by atoms with E-state index in [-0.39, 0.29) is 74.5 Å². The first-order valence-electron chi connectivity index (χ1n) is 27.7. The minimum atomic E-state index is -1.64. The number of para-hydroxylation sites is 1. The highest BCUT2D eigenvalue weighted by Crippen LogP contribution is 2.36. The number of carboxylic acids is 1. The summed E-state index contributed by atoms with van der Waals surface area (Å²) < 4.78 is 0. The molecule has 3 aromatic carbocycles. The van der Waals surface area contributed by atoms with E-state index in [1.165, 1.54) is 0 Å². The van der Waals surface area contributed by atoms with Crippen molar-refractivity contribution in [3.05, 3.63) is 66.2 Å². The molecule has 0 unspecified atom stereocenters. The number of hydrogen-bond acceptors (Lipinski definition) is 15. The van der Waals surface area contributed by atoms with Crippen molar-refractivity contribution < 1.29 is 43.8 Å². The standard InChI is InChI=1S/C55H79N17O9/c56-22-4-3-13-40(50(77)68-41(14-9-23-61-54(57)58)51(78)70-45(33-73)52(79)69-42(53(80)81)15-10-24-62-55(59)60)67-49(76)38-11-1-2-12-39(38)66-48-36-18-16-34(63-46(74)20-29-71-25-5-6-26-71)31-43(36)65-44-32-35(17-19-37(44)48)64-47(75)21-30-72-27-7-8-28-72/h1-2,11-12,16-19,31-32,40-42,45,73H,3-10,13-15,20-30,33,56H2,(H,63,74)(H,64,75)(H,65,66)(H,67,76)(H,68,77)(H,69,79)(H,70,78)(H,80,81)(H4,57,58,61)(H4,59,60,62)/t40-,41-,42-,45-/m0/s1. The molecular weight excluding hydrogens is 1040 g/mol. The molecule has 0 saturated carbocycles. The van der Waals surface area contributed by atoms with Gasteiger partial charge in [-0.15, -0.1) is 0 Å². The van der Waals surface area contributed by atoms with E-state index in [4.69, 9.17) is 33.7 Å². The molecule has 2 saturated heterocycles. The molecule has 2 fully saturated rings. The number of nitrogens with two attached hydrogens (primary N) is 5. The number of carboxylic acid groups (broad SMARTS) is 1. The zero-order valence-corrected chi connectivity index (χ0v) is 45.7. The van der Waals surface area contributed by atoms with E-state index in [1.54, 1.807) is 48.5 Å². The molecule has 26 nitrogen and oxygen atoms in total. The third-order valence-electron chi connectivity index (χ3n) is 14.0. The third kappa shape index (κ3) is 19.5. The van der Waals surface area contributed by atoms with Crippen LogP contribution in [-0.4, -0.2) is 168 Å². The summed E-state index contributed by atoms with van der Waals surface area (Å²) in [5, 5.41) is 41.1. The van der Waals surface area contributed by atoms with Crippen molar-refractivity contribution in [3.63, 3.8) is 0 Å². The number of rotatable bonds is 32. The summed E-state index contributed by atoms with van der Waals surface area (Å²) in [4.78, 5) is 112. The van der Waals surface area contributed by atoms with Crippen molar-refractivity contribution in [2.24, 2.45) is 38.7 Å². The predicted octanol–water partition coefficient (Wildman–Crippen LogP) is 0.846. The van der Waals surface area contributed by atoms with Crippen LogP contribution in [0.4, 0.5) is 22.7 Å². The molecule has 26 heteroatoms. The molecular formula is C55H79N17O9. The molecule has 1 aromatic heterocycles. The van der Waals surface area contributed by atoms with Gasteiger partial charge in [-0.3, -0.25) is 38.8 Å². The smallest absolute Gasteiger partial charge is 0.326 e. The van der Waals surface area contributed by atoms with Crippen molar-refractivity contribution >= 4 is 97.9 Å². The zero-order valence-electron chi connectivity index (χ0n) is 45.7. The molecule has 0 bridgehead atoms. The lowest BCUT2D eigenvalue weighted by Gasteiger charge is -2.26. The van der Waals surface area contributed by atoms with E-state index in [9.17, 15) is 43.8 Å². The van der Waals surface area contributed by atoms with Crippen molar-refractivity contribution in [2.45, 2.75) is 108 Å². The molecule has 0 aliphatic carbocycles. The van der Waals surface area contributed by atoms with Gasteiger partial charge in [0.05, 0.1) is 34.6 Å². The van der Waals surface area contributed by atoms with Crippen LogP contribution in [0, 0.1) is 0 Å². The number of carbonyl (C=O) groups is 7. The number of aliphatic hydroxyl groups is 1. The normalized spacial score (nSPS) is 14.9. The Morgan fingerprint density at radius 2 is 1.06 bits per heavy atom. The van der Waals surface area contributed by atoms with E-state index in [0.717, 1.165) is 51.9 Å². The number of aliphatic carboxylic acids is 1. The molecule has 4 aromatic rings. The van der Waals surface area contributed by atoms with E-state index in [1.807, 2.05) is 12.1 Å². The number of hydrogen-bond donors (Lipinski definition) is 14. The zero-order chi connectivity index (χ0) is 58.3. The van der Waals surface area contributed by atoms with Gasteiger partial charge < -0.3 is 85.9 Å². The second kappa shape index (κ2) is 31.6. The summed E-state index contributed by atoms with van der Waals surface area (Å²) in [6.07, 6.45) is 6.33. The van der Waals surface area contributed by atoms with Gasteiger partial charge in [-0.05, 0) is 152 Å². The number of aliphatic hydroxyl groups excluding tert-OH is 1. The van der Waals surface area contributed by atoms with Gasteiger partial charge in [0, 0.05) is 61.2 Å². The minimum absolute atomic E-state index is 0.0574. The maximum Gasteiger partial charge on any atom is 0.326 e. The van der Waals surface area contributed by atoms with Gasteiger partial charge >= 0.3 is 5.97 Å². The van der Waals surface area contributed by atoms with Crippen LogP contribution in [-0.2, 0) is 28.8 Å². The predicted molar refractivity (Wildman–Crippen MR) is 311 cm³/mol. The summed E-state index contributed by atoms with van der Waals surface area (Å²) in [6, 6.07) is 11.8. The topological polar surface area (TPSA) is 418 Å². The second-order valence-corrected chi connectivity index (χ2v) is 20.2. The molecule has 438 valence electrons. The summed E-state index contributed by atoms with van der Waals surface area (Å²) >= 11 is 0. The number of aromatic nitrogens is 1. The molecule has 6 amide bonds. The van der Waals surface area contributed by atoms with Crippen LogP contribution in [0.25, 0.3) is 21.8 Å². The maximum absolute atomic E-state index is 14.6. The Labute approximate surface area is 470 Å². The summed E-state index contributed by atoms with van der Waals surface area (Å²) in [7, 11) is 0. The molecule has 4 atom stereocenters. The van der Waals surface area contributed by atoms with Crippen LogP contribution in [0.5, 0.6) is 0 Å². The van der Waals surface area contributed by atoms with Gasteiger partial charge in [0.1, 0.15) is 24.2 Å². The van der Waals surface area contributed by atoms with Gasteiger partial charge in [-0.1, -0.05) is 12.1 Å². The van der Waals surface area contributed by atoms with Gasteiger partial charge in [-0.25, -0.2) is 9.78 Å². The number of anilines is 4. The van der Waals surface area contributed by atoms with E-state index in [0.29, 0.717) is 89.9 Å². The lowest BCUT2D eigenvalue weighted by atomic mass is 10.0. The number of guanidine groups is 2. The Balaban J connectivity index is 1.24. The van der Waals surface area contributed by atoms with Gasteiger partial charge in [0.25, 0.3) is 5.91 Å². The number of likely N-dealkylation sites (tertiary alicyclic amines) is 2. The van der Waals surface area contributed by atoms with E-state index in [2.05, 4.69) is 57.0 Å². The van der Waals surface area contributed by atoms with Crippen LogP contribution in [0.3, 0.4) is 0 Å². The summed E-state index contributed by atoms with van der Waals surface area (Å²) in [6.45, 7) is 4.72. The fraction of sp³-hybridized carbons (Fsp3) is 0.491. The molecule has 2 aliphatic rings. The van der Waals surface area contributed by atoms with E-state index >= 15 is 0 Å². The average molecular weight is 1120 g/mol. The largest absolute Gasteiger partial charge is 0.480 e. The van der Waals surface area contributed by atoms with Gasteiger partial charge in [-0.2, -0.15) is 0 Å². The third-order valence-corrected chi connectivity index (χ3v) is 14.0. The quantitative estimate of drug-likeness (QED) is 0.0139. The molecule has 3 heterocycles. The van der Waals surface area contributed by atoms with Crippen LogP contribution in [0.2, 0.25) is 0 Å². The number of benzene rings is 3. The van der Waals surface area contributed by atoms with Crippen molar-refractivity contribution in [2.75, 3.05) is 81.5 Å². The molecule has 0 radical (unpaired) electrons. The number of pyridine rings is 1. The fourth-order valence-corrected chi connectivity index (χ4v) is 9.68. The Kier molecular flexibility index (Phi) is 24.2. The van der Waals surface area contributed by atoms with Gasteiger partial charge in [0.15, 0.2) is 11.9 Å². The first-order chi connectivity index (χ1) is 39.0. The van der Waals surface area contributed by atoms with Crippen LogP contribution in [0.1, 0.15) is 93.8 Å². The molecule has 19 N–H and O–H groups in total. The minimum Gasteiger partial charge on any atom is -0.480 e. The summed E-state index contributed by atoms with van der Waals surface area (Å²) in [5.41, 5.74) is 30.8. The molecule has 6 rings (SSSR count). The first-order valence-corrected chi connectivity index (χ1v) is 27.7. The number of nitrogens with zero attached hydrogens (tertiary/aromatic N) is 5. The van der Waals surface area contributed by atoms with Gasteiger partial charge in [0.2, 0.25) is 29.5 Å². The first kappa shape index (κ1) is 62.0. The average Bonchev–Trinajstić information content (AvgIpc) is 4.18. The van der Waals surface area contributed by atoms with Crippen LogP contribution in [0.15, 0.2) is 70.6 Å². The van der Waals surface area contributed by atoms with Crippen molar-refractivity contribution in [1.29, 1.82) is 0 Å². The Morgan fingerprint density at radius 3 is 1.57 bits per heavy atom. The number of unbranched alkanes of at least 4 members (excludes halogenated alkanes) is 1. The number of carbonyl (C=O) groups excluding carboxylic acids is 6. The lowest BCUT2D eigenvalue weighted by Crippen LogP contribution is -2.58. The monoisotopic (exact) mass is 1120 g/mol. The lowest BCUT2D eigenvalue weighted by molar-refractivity contribution is -0.142. The number of aliphatic imine (C=N–C) groups is 2. The second-order valence-electron chi connectivity index (χ2n) is 20.2. The molecule has 81 heavy (non-hydrogen) atoms.